The van der Waals surface area contributed by atoms with Gasteiger partial charge < -0.3 is 11.1 Å². The highest BCUT2D eigenvalue weighted by atomic mass is 79.9. The smallest absolute Gasteiger partial charge is 0.148 e. The normalized spacial score (nSPS) is 10.4. The molecule has 2 nitrogen and oxygen atoms in total. The molecule has 0 fully saturated rings. The molecule has 0 heterocycles. The van der Waals surface area contributed by atoms with E-state index in [4.69, 9.17) is 5.73 Å². The van der Waals surface area contributed by atoms with Crippen LogP contribution in [-0.4, -0.2) is 0 Å². The minimum Gasteiger partial charge on any atom is -0.396 e. The third-order valence-corrected chi connectivity index (χ3v) is 2.98. The van der Waals surface area contributed by atoms with Crippen molar-refractivity contribution in [2.24, 2.45) is 0 Å². The molecule has 0 bridgehead atoms. The molecule has 0 aliphatic heterocycles. The lowest BCUT2D eigenvalue weighted by molar-refractivity contribution is 0.612. The first kappa shape index (κ1) is 12.8. The van der Waals surface area contributed by atoms with Crippen LogP contribution in [0.2, 0.25) is 0 Å². The third kappa shape index (κ3) is 2.98. The van der Waals surface area contributed by atoms with Gasteiger partial charge in [0.2, 0.25) is 0 Å². The monoisotopic (exact) mass is 312 g/mol. The topological polar surface area (TPSA) is 38.0 Å². The molecule has 2 rings (SSSR count). The van der Waals surface area contributed by atoms with Gasteiger partial charge in [-0.25, -0.2) is 8.78 Å². The van der Waals surface area contributed by atoms with Gasteiger partial charge in [-0.3, -0.25) is 0 Å². The Morgan fingerprint density at radius 3 is 2.56 bits per heavy atom. The van der Waals surface area contributed by atoms with Crippen LogP contribution in [0, 0.1) is 11.6 Å². The fraction of sp³-hybridized carbons (Fsp3) is 0.0769. The predicted octanol–water partition coefficient (Wildman–Crippen LogP) is 3.92. The molecule has 2 aromatic carbocycles. The minimum absolute atomic E-state index is 0.0918. The maximum Gasteiger partial charge on any atom is 0.148 e. The number of hydrogen-bond donors (Lipinski definition) is 2. The first-order chi connectivity index (χ1) is 8.56. The highest BCUT2D eigenvalue weighted by molar-refractivity contribution is 9.10. The second kappa shape index (κ2) is 5.35. The van der Waals surface area contributed by atoms with Crippen molar-refractivity contribution in [2.75, 3.05) is 11.1 Å². The zero-order valence-electron chi connectivity index (χ0n) is 9.38. The number of rotatable bonds is 3. The van der Waals surface area contributed by atoms with Crippen LogP contribution in [0.25, 0.3) is 0 Å². The van der Waals surface area contributed by atoms with Crippen LogP contribution < -0.4 is 11.1 Å². The van der Waals surface area contributed by atoms with Crippen molar-refractivity contribution in [3.05, 3.63) is 58.1 Å². The second-order valence-electron chi connectivity index (χ2n) is 3.83. The number of halogens is 3. The van der Waals surface area contributed by atoms with E-state index < -0.39 is 5.82 Å². The lowest BCUT2D eigenvalue weighted by Gasteiger charge is -2.08. The Morgan fingerprint density at radius 1 is 1.06 bits per heavy atom. The van der Waals surface area contributed by atoms with Gasteiger partial charge in [0.25, 0.3) is 0 Å². The molecule has 0 radical (unpaired) electrons. The van der Waals surface area contributed by atoms with E-state index in [1.54, 1.807) is 18.2 Å². The fourth-order valence-electron chi connectivity index (χ4n) is 1.51. The molecule has 0 aliphatic rings. The predicted molar refractivity (Wildman–Crippen MR) is 72.2 cm³/mol. The van der Waals surface area contributed by atoms with Gasteiger partial charge in [-0.15, -0.1) is 0 Å². The van der Waals surface area contributed by atoms with E-state index >= 15 is 0 Å². The second-order valence-corrected chi connectivity index (χ2v) is 4.74. The summed E-state index contributed by atoms with van der Waals surface area (Å²) >= 11 is 3.27. The molecule has 18 heavy (non-hydrogen) atoms. The molecule has 0 unspecified atom stereocenters. The molecular weight excluding hydrogens is 302 g/mol. The summed E-state index contributed by atoms with van der Waals surface area (Å²) in [5.74, 6) is -0.795. The highest BCUT2D eigenvalue weighted by Crippen LogP contribution is 2.19. The molecule has 0 saturated heterocycles. The van der Waals surface area contributed by atoms with Gasteiger partial charge in [0.15, 0.2) is 0 Å². The zero-order chi connectivity index (χ0) is 13.1. The van der Waals surface area contributed by atoms with Crippen LogP contribution in [-0.2, 0) is 6.54 Å². The van der Waals surface area contributed by atoms with Gasteiger partial charge in [-0.2, -0.15) is 0 Å². The largest absolute Gasteiger partial charge is 0.396 e. The SMILES string of the molecule is Nc1ccc(NCc2cc(Br)ccc2F)cc1F. The summed E-state index contributed by atoms with van der Waals surface area (Å²) in [5, 5.41) is 2.94. The van der Waals surface area contributed by atoms with E-state index in [2.05, 4.69) is 21.2 Å². The molecule has 5 heteroatoms. The maximum atomic E-state index is 13.5. The lowest BCUT2D eigenvalue weighted by atomic mass is 10.2. The average molecular weight is 313 g/mol. The Bertz CT molecular complexity index is 573. The number of nitrogens with two attached hydrogens (primary N) is 1. The summed E-state index contributed by atoms with van der Waals surface area (Å²) in [6, 6.07) is 9.08. The molecule has 2 aromatic rings. The van der Waals surface area contributed by atoms with E-state index in [-0.39, 0.29) is 18.0 Å². The molecule has 0 atom stereocenters. The van der Waals surface area contributed by atoms with Crippen LogP contribution >= 0.6 is 15.9 Å². The fourth-order valence-corrected chi connectivity index (χ4v) is 1.92. The zero-order valence-corrected chi connectivity index (χ0v) is 11.0. The van der Waals surface area contributed by atoms with Crippen molar-refractivity contribution < 1.29 is 8.78 Å². The number of nitrogens with one attached hydrogen (secondary N) is 1. The summed E-state index contributed by atoms with van der Waals surface area (Å²) in [6.45, 7) is 0.272. The van der Waals surface area contributed by atoms with Crippen LogP contribution in [0.15, 0.2) is 40.9 Å². The summed E-state index contributed by atoms with van der Waals surface area (Å²) in [7, 11) is 0. The highest BCUT2D eigenvalue weighted by Gasteiger charge is 2.04. The molecule has 0 saturated carbocycles. The van der Waals surface area contributed by atoms with Crippen molar-refractivity contribution in [1.29, 1.82) is 0 Å². The summed E-state index contributed by atoms with van der Waals surface area (Å²) < 4.78 is 27.5. The van der Waals surface area contributed by atoms with E-state index in [0.717, 1.165) is 4.47 Å². The van der Waals surface area contributed by atoms with Crippen LogP contribution in [0.1, 0.15) is 5.56 Å². The van der Waals surface area contributed by atoms with Crippen molar-refractivity contribution >= 4 is 27.3 Å². The van der Waals surface area contributed by atoms with Crippen LogP contribution in [0.3, 0.4) is 0 Å². The van der Waals surface area contributed by atoms with Gasteiger partial charge in [-0.1, -0.05) is 15.9 Å². The van der Waals surface area contributed by atoms with Crippen molar-refractivity contribution in [1.82, 2.24) is 0 Å². The average Bonchev–Trinajstić information content (AvgIpc) is 2.34. The van der Waals surface area contributed by atoms with E-state index in [9.17, 15) is 8.78 Å². The Kier molecular flexibility index (Phi) is 3.81. The maximum absolute atomic E-state index is 13.5. The number of hydrogen-bond acceptors (Lipinski definition) is 2. The van der Waals surface area contributed by atoms with E-state index in [1.165, 1.54) is 18.2 Å². The Balaban J connectivity index is 2.11. The molecule has 0 aliphatic carbocycles. The molecule has 94 valence electrons. The van der Waals surface area contributed by atoms with Gasteiger partial charge in [-0.05, 0) is 36.4 Å². The molecule has 0 aromatic heterocycles. The summed E-state index contributed by atoms with van der Waals surface area (Å²) in [5.41, 5.74) is 6.52. The van der Waals surface area contributed by atoms with Crippen LogP contribution in [0.5, 0.6) is 0 Å². The van der Waals surface area contributed by atoms with Gasteiger partial charge in [0.05, 0.1) is 5.69 Å². The quantitative estimate of drug-likeness (QED) is 0.843. The molecule has 0 spiro atoms. The Hall–Kier alpha value is -1.62. The summed E-state index contributed by atoms with van der Waals surface area (Å²) in [6.07, 6.45) is 0. The van der Waals surface area contributed by atoms with Crippen molar-refractivity contribution in [2.45, 2.75) is 6.54 Å². The Morgan fingerprint density at radius 2 is 1.83 bits per heavy atom. The third-order valence-electron chi connectivity index (χ3n) is 2.49. The number of anilines is 2. The standard InChI is InChI=1S/C13H11BrF2N2/c14-9-1-3-11(15)8(5-9)7-18-10-2-4-13(17)12(16)6-10/h1-6,18H,7,17H2. The lowest BCUT2D eigenvalue weighted by Crippen LogP contribution is -2.02. The van der Waals surface area contributed by atoms with Crippen molar-refractivity contribution in [3.8, 4) is 0 Å². The van der Waals surface area contributed by atoms with E-state index in [0.29, 0.717) is 11.3 Å². The van der Waals surface area contributed by atoms with Gasteiger partial charge >= 0.3 is 0 Å². The van der Waals surface area contributed by atoms with Gasteiger partial charge in [0.1, 0.15) is 11.6 Å². The van der Waals surface area contributed by atoms with E-state index in [1.807, 2.05) is 0 Å². The minimum atomic E-state index is -0.491. The van der Waals surface area contributed by atoms with Crippen molar-refractivity contribution in [3.63, 3.8) is 0 Å². The number of benzene rings is 2. The molecular formula is C13H11BrF2N2. The molecule has 3 N–H and O–H groups in total. The number of nitrogen functional groups attached to an aromatic ring is 1. The molecule has 0 amide bonds. The van der Waals surface area contributed by atoms with Gasteiger partial charge in [0, 0.05) is 22.3 Å². The van der Waals surface area contributed by atoms with Crippen LogP contribution in [0.4, 0.5) is 20.2 Å². The first-order valence-corrected chi connectivity index (χ1v) is 6.08. The first-order valence-electron chi connectivity index (χ1n) is 5.29. The Labute approximate surface area is 112 Å². The summed E-state index contributed by atoms with van der Waals surface area (Å²) in [4.78, 5) is 0.